The number of carbonyl (C=O) groups is 2. The summed E-state index contributed by atoms with van der Waals surface area (Å²) in [5.41, 5.74) is 0.985. The SMILES string of the molecule is CCN(CC)C(=O)c1nc(C(=O)NC2CC2)c2ccccn12. The summed E-state index contributed by atoms with van der Waals surface area (Å²) in [6.45, 7) is 5.08. The highest BCUT2D eigenvalue weighted by Gasteiger charge is 2.28. The van der Waals surface area contributed by atoms with Crippen LogP contribution < -0.4 is 5.32 Å². The van der Waals surface area contributed by atoms with Crippen LogP contribution in [0.4, 0.5) is 0 Å². The average Bonchev–Trinajstić information content (AvgIpc) is 3.25. The largest absolute Gasteiger partial charge is 0.348 e. The predicted molar refractivity (Wildman–Crippen MR) is 82.9 cm³/mol. The number of imidazole rings is 1. The van der Waals surface area contributed by atoms with Crippen molar-refractivity contribution in [3.8, 4) is 0 Å². The molecule has 2 heterocycles. The Morgan fingerprint density at radius 2 is 2.05 bits per heavy atom. The molecule has 1 aliphatic carbocycles. The van der Waals surface area contributed by atoms with E-state index in [2.05, 4.69) is 10.3 Å². The Bertz CT molecular complexity index is 714. The molecule has 0 aliphatic heterocycles. The smallest absolute Gasteiger partial charge is 0.290 e. The molecular weight excluding hydrogens is 280 g/mol. The van der Waals surface area contributed by atoms with Gasteiger partial charge in [0.05, 0.1) is 5.52 Å². The van der Waals surface area contributed by atoms with Crippen LogP contribution in [0.5, 0.6) is 0 Å². The molecule has 6 nitrogen and oxygen atoms in total. The molecule has 1 N–H and O–H groups in total. The fourth-order valence-electron chi connectivity index (χ4n) is 2.49. The van der Waals surface area contributed by atoms with Gasteiger partial charge in [0, 0.05) is 25.3 Å². The predicted octanol–water partition coefficient (Wildman–Crippen LogP) is 1.71. The topological polar surface area (TPSA) is 66.7 Å². The van der Waals surface area contributed by atoms with E-state index in [-0.39, 0.29) is 17.9 Å². The van der Waals surface area contributed by atoms with Gasteiger partial charge in [-0.25, -0.2) is 4.98 Å². The Kier molecular flexibility index (Phi) is 3.83. The summed E-state index contributed by atoms with van der Waals surface area (Å²) >= 11 is 0. The molecule has 0 saturated heterocycles. The number of carbonyl (C=O) groups excluding carboxylic acids is 2. The van der Waals surface area contributed by atoms with Crippen molar-refractivity contribution in [2.75, 3.05) is 13.1 Å². The molecule has 2 aromatic rings. The molecule has 0 radical (unpaired) electrons. The van der Waals surface area contributed by atoms with Crippen LogP contribution >= 0.6 is 0 Å². The molecule has 0 atom stereocenters. The summed E-state index contributed by atoms with van der Waals surface area (Å²) in [4.78, 5) is 31.0. The second kappa shape index (κ2) is 5.79. The highest BCUT2D eigenvalue weighted by Crippen LogP contribution is 2.21. The zero-order valence-electron chi connectivity index (χ0n) is 12.9. The van der Waals surface area contributed by atoms with Crippen molar-refractivity contribution in [2.45, 2.75) is 32.7 Å². The molecule has 1 fully saturated rings. The Hall–Kier alpha value is -2.37. The second-order valence-corrected chi connectivity index (χ2v) is 5.47. The van der Waals surface area contributed by atoms with E-state index in [9.17, 15) is 9.59 Å². The molecule has 6 heteroatoms. The maximum Gasteiger partial charge on any atom is 0.290 e. The standard InChI is InChI=1S/C16H20N4O2/c1-3-19(4-2)16(22)14-18-13(15(21)17-11-8-9-11)12-7-5-6-10-20(12)14/h5-7,10-11H,3-4,8-9H2,1-2H3,(H,17,21). The minimum absolute atomic E-state index is 0.156. The molecule has 2 aromatic heterocycles. The van der Waals surface area contributed by atoms with Gasteiger partial charge < -0.3 is 10.2 Å². The van der Waals surface area contributed by atoms with E-state index < -0.39 is 0 Å². The van der Waals surface area contributed by atoms with Gasteiger partial charge in [-0.05, 0) is 38.8 Å². The molecule has 22 heavy (non-hydrogen) atoms. The fourth-order valence-corrected chi connectivity index (χ4v) is 2.49. The number of hydrogen-bond acceptors (Lipinski definition) is 3. The Labute approximate surface area is 129 Å². The maximum atomic E-state index is 12.6. The summed E-state index contributed by atoms with van der Waals surface area (Å²) < 4.78 is 1.70. The fraction of sp³-hybridized carbons (Fsp3) is 0.438. The number of hydrogen-bond donors (Lipinski definition) is 1. The quantitative estimate of drug-likeness (QED) is 0.914. The minimum Gasteiger partial charge on any atom is -0.348 e. The average molecular weight is 300 g/mol. The first-order valence-corrected chi connectivity index (χ1v) is 7.72. The van der Waals surface area contributed by atoms with Crippen molar-refractivity contribution >= 4 is 17.3 Å². The molecule has 116 valence electrons. The van der Waals surface area contributed by atoms with Crippen LogP contribution in [0.3, 0.4) is 0 Å². The first-order chi connectivity index (χ1) is 10.7. The normalized spacial score (nSPS) is 14.1. The van der Waals surface area contributed by atoms with Gasteiger partial charge in [0.1, 0.15) is 0 Å². The van der Waals surface area contributed by atoms with Gasteiger partial charge >= 0.3 is 0 Å². The van der Waals surface area contributed by atoms with E-state index in [4.69, 9.17) is 0 Å². The lowest BCUT2D eigenvalue weighted by Crippen LogP contribution is -2.32. The lowest BCUT2D eigenvalue weighted by atomic mass is 10.3. The Morgan fingerprint density at radius 3 is 2.68 bits per heavy atom. The number of nitrogens with zero attached hydrogens (tertiary/aromatic N) is 3. The first-order valence-electron chi connectivity index (χ1n) is 7.72. The second-order valence-electron chi connectivity index (χ2n) is 5.47. The van der Waals surface area contributed by atoms with E-state index >= 15 is 0 Å². The number of nitrogens with one attached hydrogen (secondary N) is 1. The van der Waals surface area contributed by atoms with Crippen molar-refractivity contribution in [1.82, 2.24) is 19.6 Å². The number of rotatable bonds is 5. The van der Waals surface area contributed by atoms with Gasteiger partial charge in [-0.2, -0.15) is 0 Å². The van der Waals surface area contributed by atoms with Gasteiger partial charge in [-0.3, -0.25) is 14.0 Å². The third-order valence-electron chi connectivity index (χ3n) is 3.92. The Balaban J connectivity index is 2.03. The molecule has 0 aromatic carbocycles. The summed E-state index contributed by atoms with van der Waals surface area (Å²) in [6.07, 6.45) is 3.80. The minimum atomic E-state index is -0.204. The molecule has 2 amide bonds. The molecule has 1 saturated carbocycles. The van der Waals surface area contributed by atoms with E-state index in [0.717, 1.165) is 12.8 Å². The summed E-state index contributed by atoms with van der Waals surface area (Å²) in [5.74, 6) is -0.0679. The lowest BCUT2D eigenvalue weighted by molar-refractivity contribution is 0.0760. The number of amides is 2. The highest BCUT2D eigenvalue weighted by molar-refractivity contribution is 6.02. The van der Waals surface area contributed by atoms with Crippen molar-refractivity contribution in [3.63, 3.8) is 0 Å². The van der Waals surface area contributed by atoms with E-state index in [1.54, 1.807) is 15.5 Å². The van der Waals surface area contributed by atoms with Crippen LogP contribution in [0.1, 0.15) is 47.8 Å². The highest BCUT2D eigenvalue weighted by atomic mass is 16.2. The van der Waals surface area contributed by atoms with Gasteiger partial charge in [-0.15, -0.1) is 0 Å². The van der Waals surface area contributed by atoms with Crippen LogP contribution in [-0.2, 0) is 0 Å². The first kappa shape index (κ1) is 14.6. The van der Waals surface area contributed by atoms with Crippen LogP contribution in [0, 0.1) is 0 Å². The van der Waals surface area contributed by atoms with Crippen molar-refractivity contribution < 1.29 is 9.59 Å². The number of aromatic nitrogens is 2. The number of fused-ring (bicyclic) bond motifs is 1. The summed E-state index contributed by atoms with van der Waals surface area (Å²) in [6, 6.07) is 5.75. The number of pyridine rings is 1. The maximum absolute atomic E-state index is 12.6. The third-order valence-corrected chi connectivity index (χ3v) is 3.92. The zero-order valence-corrected chi connectivity index (χ0v) is 12.9. The molecule has 3 rings (SSSR count). The molecule has 0 spiro atoms. The van der Waals surface area contributed by atoms with Crippen LogP contribution in [0.2, 0.25) is 0 Å². The van der Waals surface area contributed by atoms with Gasteiger partial charge in [0.2, 0.25) is 5.82 Å². The van der Waals surface area contributed by atoms with Gasteiger partial charge in [-0.1, -0.05) is 6.07 Å². The van der Waals surface area contributed by atoms with Crippen LogP contribution in [-0.4, -0.2) is 45.2 Å². The van der Waals surface area contributed by atoms with E-state index in [1.807, 2.05) is 32.0 Å². The molecule has 0 bridgehead atoms. The Morgan fingerprint density at radius 1 is 1.32 bits per heavy atom. The summed E-state index contributed by atoms with van der Waals surface area (Å²) in [5, 5.41) is 2.93. The molecule has 1 aliphatic rings. The lowest BCUT2D eigenvalue weighted by Gasteiger charge is -2.17. The van der Waals surface area contributed by atoms with Crippen molar-refractivity contribution in [1.29, 1.82) is 0 Å². The van der Waals surface area contributed by atoms with Crippen LogP contribution in [0.15, 0.2) is 24.4 Å². The van der Waals surface area contributed by atoms with Crippen molar-refractivity contribution in [3.05, 3.63) is 35.9 Å². The van der Waals surface area contributed by atoms with E-state index in [0.29, 0.717) is 30.1 Å². The van der Waals surface area contributed by atoms with Crippen molar-refractivity contribution in [2.24, 2.45) is 0 Å². The van der Waals surface area contributed by atoms with Gasteiger partial charge in [0.25, 0.3) is 11.8 Å². The molecule has 0 unspecified atom stereocenters. The zero-order chi connectivity index (χ0) is 15.7. The van der Waals surface area contributed by atoms with Crippen LogP contribution in [0.25, 0.3) is 5.52 Å². The summed E-state index contributed by atoms with van der Waals surface area (Å²) in [7, 11) is 0. The monoisotopic (exact) mass is 300 g/mol. The third kappa shape index (κ3) is 2.56. The van der Waals surface area contributed by atoms with Gasteiger partial charge in [0.15, 0.2) is 5.69 Å². The molecular formula is C16H20N4O2. The van der Waals surface area contributed by atoms with E-state index in [1.165, 1.54) is 0 Å².